The van der Waals surface area contributed by atoms with E-state index in [1.165, 1.54) is 12.7 Å². The number of carbonyl (C=O) groups excluding carboxylic acids is 1. The largest absolute Gasteiger partial charge is 0.469 e. The van der Waals surface area contributed by atoms with E-state index in [0.29, 0.717) is 12.5 Å². The molecule has 0 amide bonds. The quantitative estimate of drug-likeness (QED) is 0.742. The average Bonchev–Trinajstić information content (AvgIpc) is 2.37. The van der Waals surface area contributed by atoms with Crippen molar-refractivity contribution >= 4 is 11.7 Å². The molecule has 106 valence electrons. The first-order chi connectivity index (χ1) is 9.01. The minimum Gasteiger partial charge on any atom is -0.469 e. The molecule has 4 heteroatoms. The van der Waals surface area contributed by atoms with Gasteiger partial charge in [-0.3, -0.25) is 4.79 Å². The number of hydrogen-bond donors (Lipinski definition) is 2. The molecule has 1 atom stereocenters. The molecule has 1 rings (SSSR count). The molecule has 0 aliphatic heterocycles. The van der Waals surface area contributed by atoms with Crippen LogP contribution in [0.1, 0.15) is 25.8 Å². The highest BCUT2D eigenvalue weighted by Gasteiger charge is 2.10. The molecule has 2 N–H and O–H groups in total. The molecule has 0 saturated carbocycles. The fraction of sp³-hybridized carbons (Fsp3) is 0.533. The molecule has 1 aromatic rings. The first-order valence-electron chi connectivity index (χ1n) is 6.59. The number of anilines is 1. The lowest BCUT2D eigenvalue weighted by Crippen LogP contribution is -2.23. The summed E-state index contributed by atoms with van der Waals surface area (Å²) in [5, 5.41) is 12.7. The van der Waals surface area contributed by atoms with Crippen LogP contribution >= 0.6 is 0 Å². The lowest BCUT2D eigenvalue weighted by Gasteiger charge is -2.12. The van der Waals surface area contributed by atoms with Crippen LogP contribution in [0, 0.1) is 5.92 Å². The van der Waals surface area contributed by atoms with E-state index in [-0.39, 0.29) is 6.42 Å². The van der Waals surface area contributed by atoms with E-state index < -0.39 is 12.1 Å². The van der Waals surface area contributed by atoms with Crippen LogP contribution in [-0.4, -0.2) is 30.8 Å². The Hall–Kier alpha value is -1.55. The normalized spacial score (nSPS) is 12.3. The molecular formula is C15H23NO3. The summed E-state index contributed by atoms with van der Waals surface area (Å²) < 4.78 is 4.50. The maximum atomic E-state index is 11.0. The lowest BCUT2D eigenvalue weighted by atomic mass is 10.0. The maximum absolute atomic E-state index is 11.0. The average molecular weight is 265 g/mol. The third kappa shape index (κ3) is 6.25. The predicted octanol–water partition coefficient (Wildman–Crippen LogP) is 2.22. The fourth-order valence-electron chi connectivity index (χ4n) is 1.81. The van der Waals surface area contributed by atoms with Gasteiger partial charge < -0.3 is 15.2 Å². The third-order valence-corrected chi connectivity index (χ3v) is 2.77. The SMILES string of the molecule is COC(=O)CC(O)CNc1ccc(CC(C)C)cc1. The number of rotatable bonds is 7. The molecule has 0 fully saturated rings. The Labute approximate surface area is 114 Å². The van der Waals surface area contributed by atoms with Crippen LogP contribution < -0.4 is 5.32 Å². The molecule has 0 heterocycles. The Morgan fingerprint density at radius 2 is 1.95 bits per heavy atom. The molecule has 1 aromatic carbocycles. The van der Waals surface area contributed by atoms with E-state index in [9.17, 15) is 9.90 Å². The molecule has 0 radical (unpaired) electrons. The van der Waals surface area contributed by atoms with Gasteiger partial charge in [-0.1, -0.05) is 26.0 Å². The van der Waals surface area contributed by atoms with Gasteiger partial charge in [0.05, 0.1) is 19.6 Å². The highest BCUT2D eigenvalue weighted by atomic mass is 16.5. The third-order valence-electron chi connectivity index (χ3n) is 2.77. The summed E-state index contributed by atoms with van der Waals surface area (Å²) in [5.74, 6) is 0.238. The second-order valence-corrected chi connectivity index (χ2v) is 5.11. The van der Waals surface area contributed by atoms with Gasteiger partial charge in [0.15, 0.2) is 0 Å². The maximum Gasteiger partial charge on any atom is 0.308 e. The van der Waals surface area contributed by atoms with Crippen molar-refractivity contribution < 1.29 is 14.6 Å². The van der Waals surface area contributed by atoms with Crippen LogP contribution in [0.15, 0.2) is 24.3 Å². The first kappa shape index (κ1) is 15.5. The summed E-state index contributed by atoms with van der Waals surface area (Å²) in [6.45, 7) is 4.71. The van der Waals surface area contributed by atoms with E-state index >= 15 is 0 Å². The Balaban J connectivity index is 2.39. The van der Waals surface area contributed by atoms with Crippen molar-refractivity contribution in [3.8, 4) is 0 Å². The lowest BCUT2D eigenvalue weighted by molar-refractivity contribution is -0.142. The Morgan fingerprint density at radius 1 is 1.32 bits per heavy atom. The summed E-state index contributed by atoms with van der Waals surface area (Å²) in [4.78, 5) is 11.0. The fourth-order valence-corrected chi connectivity index (χ4v) is 1.81. The minimum absolute atomic E-state index is 0.00886. The molecule has 0 aromatic heterocycles. The van der Waals surface area contributed by atoms with Crippen molar-refractivity contribution in [2.24, 2.45) is 5.92 Å². The van der Waals surface area contributed by atoms with Crippen LogP contribution in [0.25, 0.3) is 0 Å². The van der Waals surface area contributed by atoms with Crippen molar-refractivity contribution in [1.29, 1.82) is 0 Å². The van der Waals surface area contributed by atoms with Gasteiger partial charge in [0.2, 0.25) is 0 Å². The molecule has 4 nitrogen and oxygen atoms in total. The number of aliphatic hydroxyl groups is 1. The van der Waals surface area contributed by atoms with E-state index in [2.05, 4.69) is 36.0 Å². The van der Waals surface area contributed by atoms with Crippen molar-refractivity contribution in [1.82, 2.24) is 0 Å². The number of carbonyl (C=O) groups is 1. The molecular weight excluding hydrogens is 242 g/mol. The van der Waals surface area contributed by atoms with Gasteiger partial charge in [0, 0.05) is 12.2 Å². The van der Waals surface area contributed by atoms with Crippen LogP contribution in [0.4, 0.5) is 5.69 Å². The Morgan fingerprint density at radius 3 is 2.47 bits per heavy atom. The van der Waals surface area contributed by atoms with Crippen molar-refractivity contribution in [2.75, 3.05) is 19.0 Å². The number of hydrogen-bond acceptors (Lipinski definition) is 4. The number of benzene rings is 1. The zero-order valence-electron chi connectivity index (χ0n) is 11.8. The topological polar surface area (TPSA) is 58.6 Å². The Bertz CT molecular complexity index is 387. The Kier molecular flexibility index (Phi) is 6.36. The van der Waals surface area contributed by atoms with Crippen molar-refractivity contribution in [2.45, 2.75) is 32.8 Å². The predicted molar refractivity (Wildman–Crippen MR) is 76.1 cm³/mol. The highest BCUT2D eigenvalue weighted by molar-refractivity contribution is 5.69. The van der Waals surface area contributed by atoms with Crippen molar-refractivity contribution in [3.05, 3.63) is 29.8 Å². The second kappa shape index (κ2) is 7.79. The van der Waals surface area contributed by atoms with E-state index in [1.54, 1.807) is 0 Å². The van der Waals surface area contributed by atoms with Crippen LogP contribution in [0.3, 0.4) is 0 Å². The van der Waals surface area contributed by atoms with Gasteiger partial charge in [0.1, 0.15) is 0 Å². The van der Waals surface area contributed by atoms with Gasteiger partial charge in [-0.25, -0.2) is 0 Å². The summed E-state index contributed by atoms with van der Waals surface area (Å²) in [5.41, 5.74) is 2.24. The molecule has 1 unspecified atom stereocenters. The van der Waals surface area contributed by atoms with E-state index in [4.69, 9.17) is 0 Å². The summed E-state index contributed by atoms with van der Waals surface area (Å²) in [6.07, 6.45) is 0.336. The number of ether oxygens (including phenoxy) is 1. The van der Waals surface area contributed by atoms with Gasteiger partial charge in [-0.15, -0.1) is 0 Å². The summed E-state index contributed by atoms with van der Waals surface area (Å²) >= 11 is 0. The van der Waals surface area contributed by atoms with Crippen LogP contribution in [-0.2, 0) is 16.0 Å². The highest BCUT2D eigenvalue weighted by Crippen LogP contribution is 2.13. The molecule has 0 saturated heterocycles. The van der Waals surface area contributed by atoms with Gasteiger partial charge in [0.25, 0.3) is 0 Å². The molecule has 0 spiro atoms. The smallest absolute Gasteiger partial charge is 0.308 e. The van der Waals surface area contributed by atoms with E-state index in [0.717, 1.165) is 12.1 Å². The minimum atomic E-state index is -0.734. The van der Waals surface area contributed by atoms with Crippen LogP contribution in [0.2, 0.25) is 0 Å². The van der Waals surface area contributed by atoms with Gasteiger partial charge in [-0.2, -0.15) is 0 Å². The zero-order valence-corrected chi connectivity index (χ0v) is 11.8. The first-order valence-corrected chi connectivity index (χ1v) is 6.59. The molecule has 0 aliphatic rings. The molecule has 0 aliphatic carbocycles. The number of nitrogens with one attached hydrogen (secondary N) is 1. The van der Waals surface area contributed by atoms with Gasteiger partial charge in [-0.05, 0) is 30.0 Å². The number of aliphatic hydroxyl groups excluding tert-OH is 1. The second-order valence-electron chi connectivity index (χ2n) is 5.11. The number of esters is 1. The van der Waals surface area contributed by atoms with E-state index in [1.807, 2.05) is 12.1 Å². The monoisotopic (exact) mass is 265 g/mol. The summed E-state index contributed by atoms with van der Waals surface area (Å²) in [6, 6.07) is 8.13. The summed E-state index contributed by atoms with van der Waals surface area (Å²) in [7, 11) is 1.32. The zero-order chi connectivity index (χ0) is 14.3. The molecule has 19 heavy (non-hydrogen) atoms. The van der Waals surface area contributed by atoms with Crippen molar-refractivity contribution in [3.63, 3.8) is 0 Å². The van der Waals surface area contributed by atoms with Gasteiger partial charge >= 0.3 is 5.97 Å². The number of methoxy groups -OCH3 is 1. The molecule has 0 bridgehead atoms. The standard InChI is InChI=1S/C15H23NO3/c1-11(2)8-12-4-6-13(7-5-12)16-10-14(17)9-15(18)19-3/h4-7,11,14,16-17H,8-10H2,1-3H3. The van der Waals surface area contributed by atoms with Crippen LogP contribution in [0.5, 0.6) is 0 Å².